The van der Waals surface area contributed by atoms with Crippen LogP contribution in [0.4, 0.5) is 5.69 Å². The van der Waals surface area contributed by atoms with E-state index in [1.54, 1.807) is 31.0 Å². The Bertz CT molecular complexity index is 1080. The van der Waals surface area contributed by atoms with E-state index in [4.69, 9.17) is 4.74 Å². The Morgan fingerprint density at radius 3 is 2.68 bits per heavy atom. The van der Waals surface area contributed by atoms with Gasteiger partial charge >= 0.3 is 0 Å². The van der Waals surface area contributed by atoms with Gasteiger partial charge in [0.15, 0.2) is 22.4 Å². The van der Waals surface area contributed by atoms with Crippen LogP contribution in [0, 0.1) is 6.92 Å². The highest BCUT2D eigenvalue weighted by molar-refractivity contribution is 7.90. The minimum atomic E-state index is -3.23. The molecule has 166 valence electrons. The van der Waals surface area contributed by atoms with Gasteiger partial charge in [-0.3, -0.25) is 9.79 Å². The van der Waals surface area contributed by atoms with Crippen LogP contribution < -0.4 is 20.3 Å². The molecule has 9 heteroatoms. The number of nitrogens with one attached hydrogen (secondary N) is 2. The first-order chi connectivity index (χ1) is 14.8. The molecule has 8 nitrogen and oxygen atoms in total. The summed E-state index contributed by atoms with van der Waals surface area (Å²) in [6.07, 6.45) is 1.95. The molecule has 0 bridgehead atoms. The van der Waals surface area contributed by atoms with Crippen molar-refractivity contribution in [3.8, 4) is 5.75 Å². The van der Waals surface area contributed by atoms with Gasteiger partial charge in [-0.25, -0.2) is 8.42 Å². The lowest BCUT2D eigenvalue weighted by molar-refractivity contribution is -0.121. The first kappa shape index (κ1) is 22.6. The number of benzene rings is 2. The number of guanidine groups is 1. The van der Waals surface area contributed by atoms with E-state index in [1.807, 2.05) is 30.3 Å². The lowest BCUT2D eigenvalue weighted by atomic mass is 10.1. The molecule has 31 heavy (non-hydrogen) atoms. The van der Waals surface area contributed by atoms with Crippen LogP contribution in [-0.2, 0) is 21.2 Å². The smallest absolute Gasteiger partial charge is 0.265 e. The molecule has 2 N–H and O–H groups in total. The third-order valence-electron chi connectivity index (χ3n) is 4.98. The van der Waals surface area contributed by atoms with E-state index >= 15 is 0 Å². The van der Waals surface area contributed by atoms with Crippen molar-refractivity contribution in [3.63, 3.8) is 0 Å². The molecule has 0 radical (unpaired) electrons. The van der Waals surface area contributed by atoms with E-state index < -0.39 is 9.84 Å². The van der Waals surface area contributed by atoms with Crippen molar-refractivity contribution in [2.24, 2.45) is 4.99 Å². The number of para-hydroxylation sites is 2. The Morgan fingerprint density at radius 1 is 1.19 bits per heavy atom. The standard InChI is InChI=1S/C22H28N4O4S/c1-16-13-17(9-10-20(16)31(3,28)29)14-25-22(23-2)24-11-6-12-26-18-7-4-5-8-19(18)30-15-21(26)27/h4-5,7-10,13H,6,11-12,14-15H2,1-3H3,(H2,23,24,25). The highest BCUT2D eigenvalue weighted by Gasteiger charge is 2.24. The van der Waals surface area contributed by atoms with E-state index in [2.05, 4.69) is 15.6 Å². The van der Waals surface area contributed by atoms with Gasteiger partial charge in [-0.15, -0.1) is 0 Å². The third-order valence-corrected chi connectivity index (χ3v) is 6.24. The number of sulfone groups is 1. The SMILES string of the molecule is CN=C(NCCCN1C(=O)COc2ccccc21)NCc1ccc(S(C)(=O)=O)c(C)c1. The summed E-state index contributed by atoms with van der Waals surface area (Å²) in [7, 11) is -1.54. The second-order valence-corrected chi connectivity index (χ2v) is 9.36. The average Bonchev–Trinajstić information content (AvgIpc) is 2.73. The van der Waals surface area contributed by atoms with Gasteiger partial charge in [-0.05, 0) is 42.7 Å². The van der Waals surface area contributed by atoms with Crippen LogP contribution in [0.25, 0.3) is 0 Å². The zero-order valence-corrected chi connectivity index (χ0v) is 18.8. The molecule has 3 rings (SSSR count). The average molecular weight is 445 g/mol. The molecular weight excluding hydrogens is 416 g/mol. The maximum absolute atomic E-state index is 12.2. The summed E-state index contributed by atoms with van der Waals surface area (Å²) in [5.74, 6) is 1.32. The van der Waals surface area contributed by atoms with Crippen molar-refractivity contribution >= 4 is 27.4 Å². The van der Waals surface area contributed by atoms with Crippen LogP contribution in [-0.4, -0.2) is 53.3 Å². The zero-order chi connectivity index (χ0) is 22.4. The Hall–Kier alpha value is -3.07. The summed E-state index contributed by atoms with van der Waals surface area (Å²) in [6, 6.07) is 12.8. The van der Waals surface area contributed by atoms with E-state index in [0.717, 1.165) is 29.0 Å². The molecular formula is C22H28N4O4S. The largest absolute Gasteiger partial charge is 0.482 e. The quantitative estimate of drug-likeness (QED) is 0.384. The molecule has 1 heterocycles. The Labute approximate surface area is 183 Å². The van der Waals surface area contributed by atoms with Gasteiger partial charge in [0.05, 0.1) is 10.6 Å². The number of rotatable bonds is 7. The van der Waals surface area contributed by atoms with E-state index in [0.29, 0.717) is 30.5 Å². The number of aryl methyl sites for hydroxylation is 1. The number of nitrogens with zero attached hydrogens (tertiary/aromatic N) is 2. The maximum Gasteiger partial charge on any atom is 0.265 e. The zero-order valence-electron chi connectivity index (χ0n) is 18.0. The van der Waals surface area contributed by atoms with Crippen LogP contribution in [0.15, 0.2) is 52.4 Å². The molecule has 0 saturated heterocycles. The molecule has 2 aromatic rings. The van der Waals surface area contributed by atoms with Gasteiger partial charge in [-0.1, -0.05) is 24.3 Å². The highest BCUT2D eigenvalue weighted by atomic mass is 32.2. The van der Waals surface area contributed by atoms with Crippen LogP contribution in [0.2, 0.25) is 0 Å². The molecule has 1 aliphatic heterocycles. The monoisotopic (exact) mass is 444 g/mol. The van der Waals surface area contributed by atoms with Gasteiger partial charge in [0.2, 0.25) is 0 Å². The molecule has 0 fully saturated rings. The number of hydrogen-bond acceptors (Lipinski definition) is 5. The number of anilines is 1. The van der Waals surface area contributed by atoms with E-state index in [1.165, 1.54) is 6.26 Å². The number of amides is 1. The number of hydrogen-bond donors (Lipinski definition) is 2. The fourth-order valence-electron chi connectivity index (χ4n) is 3.49. The topological polar surface area (TPSA) is 100 Å². The van der Waals surface area contributed by atoms with Crippen LogP contribution in [0.3, 0.4) is 0 Å². The van der Waals surface area contributed by atoms with Crippen LogP contribution in [0.1, 0.15) is 17.5 Å². The molecule has 0 spiro atoms. The molecule has 1 amide bonds. The Morgan fingerprint density at radius 2 is 1.97 bits per heavy atom. The predicted molar refractivity (Wildman–Crippen MR) is 121 cm³/mol. The summed E-state index contributed by atoms with van der Waals surface area (Å²) in [6.45, 7) is 3.58. The van der Waals surface area contributed by atoms with Crippen molar-refractivity contribution in [1.29, 1.82) is 0 Å². The van der Waals surface area contributed by atoms with Crippen molar-refractivity contribution in [2.75, 3.05) is 37.9 Å². The van der Waals surface area contributed by atoms with Crippen LogP contribution in [0.5, 0.6) is 5.75 Å². The van der Waals surface area contributed by atoms with Crippen molar-refractivity contribution < 1.29 is 17.9 Å². The van der Waals surface area contributed by atoms with Crippen LogP contribution >= 0.6 is 0 Å². The molecule has 0 unspecified atom stereocenters. The number of carbonyl (C=O) groups excluding carboxylic acids is 1. The summed E-state index contributed by atoms with van der Waals surface area (Å²) < 4.78 is 29.0. The summed E-state index contributed by atoms with van der Waals surface area (Å²) in [4.78, 5) is 18.5. The van der Waals surface area contributed by atoms with Gasteiger partial charge in [0, 0.05) is 32.9 Å². The molecule has 0 aromatic heterocycles. The number of fused-ring (bicyclic) bond motifs is 1. The number of carbonyl (C=O) groups is 1. The fourth-order valence-corrected chi connectivity index (χ4v) is 4.45. The van der Waals surface area contributed by atoms with Gasteiger partial charge in [0.1, 0.15) is 5.75 Å². The molecule has 1 aliphatic rings. The summed E-state index contributed by atoms with van der Waals surface area (Å²) in [5, 5.41) is 6.46. The Balaban J connectivity index is 1.48. The summed E-state index contributed by atoms with van der Waals surface area (Å²) in [5.41, 5.74) is 2.48. The lowest BCUT2D eigenvalue weighted by Gasteiger charge is -2.29. The van der Waals surface area contributed by atoms with E-state index in [9.17, 15) is 13.2 Å². The van der Waals surface area contributed by atoms with Crippen molar-refractivity contribution in [2.45, 2.75) is 24.8 Å². The summed E-state index contributed by atoms with van der Waals surface area (Å²) >= 11 is 0. The minimum Gasteiger partial charge on any atom is -0.482 e. The van der Waals surface area contributed by atoms with Gasteiger partial charge in [0.25, 0.3) is 5.91 Å². The van der Waals surface area contributed by atoms with Gasteiger partial charge in [-0.2, -0.15) is 0 Å². The fraction of sp³-hybridized carbons (Fsp3) is 0.364. The predicted octanol–water partition coefficient (Wildman–Crippen LogP) is 1.88. The van der Waals surface area contributed by atoms with E-state index in [-0.39, 0.29) is 12.5 Å². The number of aliphatic imine (C=N–C) groups is 1. The molecule has 0 aliphatic carbocycles. The second kappa shape index (κ2) is 9.82. The second-order valence-electron chi connectivity index (χ2n) is 7.38. The highest BCUT2D eigenvalue weighted by Crippen LogP contribution is 2.31. The molecule has 0 saturated carbocycles. The first-order valence-corrected chi connectivity index (χ1v) is 11.9. The maximum atomic E-state index is 12.2. The minimum absolute atomic E-state index is 0.0471. The lowest BCUT2D eigenvalue weighted by Crippen LogP contribution is -2.42. The normalized spacial score (nSPS) is 14.1. The van der Waals surface area contributed by atoms with Crippen molar-refractivity contribution in [1.82, 2.24) is 10.6 Å². The Kier molecular flexibility index (Phi) is 7.17. The molecule has 0 atom stereocenters. The first-order valence-electron chi connectivity index (χ1n) is 10.1. The van der Waals surface area contributed by atoms with Crippen molar-refractivity contribution in [3.05, 3.63) is 53.6 Å². The third kappa shape index (κ3) is 5.75. The molecule has 2 aromatic carbocycles. The van der Waals surface area contributed by atoms with Gasteiger partial charge < -0.3 is 20.3 Å². The number of ether oxygens (including phenoxy) is 1.